The molecule has 0 unspecified atom stereocenters. The molecule has 0 saturated carbocycles. The van der Waals surface area contributed by atoms with E-state index in [9.17, 15) is 13.2 Å². The molecule has 0 atom stereocenters. The van der Waals surface area contributed by atoms with Crippen LogP contribution in [0.1, 0.15) is 18.1 Å². The Labute approximate surface area is 126 Å². The van der Waals surface area contributed by atoms with Crippen LogP contribution >= 0.6 is 11.3 Å². The van der Waals surface area contributed by atoms with Gasteiger partial charge in [-0.25, -0.2) is 13.1 Å². The van der Waals surface area contributed by atoms with Gasteiger partial charge in [0.2, 0.25) is 15.4 Å². The van der Waals surface area contributed by atoms with Crippen LogP contribution in [0.25, 0.3) is 0 Å². The van der Waals surface area contributed by atoms with Gasteiger partial charge in [0, 0.05) is 13.5 Å². The molecule has 9 heteroatoms. The molecule has 2 N–H and O–H groups in total. The third-order valence-corrected chi connectivity index (χ3v) is 5.11. The van der Waals surface area contributed by atoms with Crippen LogP contribution in [0.4, 0.5) is 5.13 Å². The van der Waals surface area contributed by atoms with Crippen LogP contribution in [0.15, 0.2) is 28.6 Å². The molecule has 2 aromatic rings. The largest absolute Gasteiger partial charge is 0.301 e. The first-order valence-corrected chi connectivity index (χ1v) is 8.33. The summed E-state index contributed by atoms with van der Waals surface area (Å²) >= 11 is 0.801. The highest BCUT2D eigenvalue weighted by Gasteiger charge is 2.20. The minimum Gasteiger partial charge on any atom is -0.301 e. The summed E-state index contributed by atoms with van der Waals surface area (Å²) in [6.45, 7) is 3.43. The second-order valence-corrected chi connectivity index (χ2v) is 7.28. The second-order valence-electron chi connectivity index (χ2n) is 4.36. The van der Waals surface area contributed by atoms with E-state index in [2.05, 4.69) is 20.2 Å². The highest BCUT2D eigenvalue weighted by Crippen LogP contribution is 2.19. The van der Waals surface area contributed by atoms with Gasteiger partial charge >= 0.3 is 0 Å². The Morgan fingerprint density at radius 3 is 2.52 bits per heavy atom. The molecule has 0 fully saturated rings. The Balaban J connectivity index is 2.06. The Hall–Kier alpha value is -1.84. The van der Waals surface area contributed by atoms with Crippen LogP contribution in [-0.4, -0.2) is 24.5 Å². The molecule has 1 heterocycles. The number of benzene rings is 1. The van der Waals surface area contributed by atoms with E-state index in [1.54, 1.807) is 0 Å². The lowest BCUT2D eigenvalue weighted by molar-refractivity contribution is -0.114. The molecule has 0 aliphatic carbocycles. The van der Waals surface area contributed by atoms with Crippen molar-refractivity contribution in [2.24, 2.45) is 0 Å². The number of aryl methyl sites for hydroxylation is 1. The number of hydrogen-bond acceptors (Lipinski definition) is 6. The van der Waals surface area contributed by atoms with Gasteiger partial charge in [-0.2, -0.15) is 0 Å². The average molecular weight is 326 g/mol. The number of nitrogens with zero attached hydrogens (tertiary/aromatic N) is 2. The van der Waals surface area contributed by atoms with Crippen LogP contribution in [-0.2, 0) is 21.4 Å². The van der Waals surface area contributed by atoms with Crippen molar-refractivity contribution < 1.29 is 13.2 Å². The van der Waals surface area contributed by atoms with E-state index in [1.165, 1.54) is 6.92 Å². The molecule has 0 aliphatic rings. The van der Waals surface area contributed by atoms with Crippen molar-refractivity contribution >= 4 is 32.4 Å². The predicted molar refractivity (Wildman–Crippen MR) is 79.4 cm³/mol. The highest BCUT2D eigenvalue weighted by molar-refractivity contribution is 7.91. The summed E-state index contributed by atoms with van der Waals surface area (Å²) in [5.41, 5.74) is 1.95. The van der Waals surface area contributed by atoms with Crippen LogP contribution in [0.5, 0.6) is 0 Å². The highest BCUT2D eigenvalue weighted by atomic mass is 32.2. The van der Waals surface area contributed by atoms with E-state index < -0.39 is 10.0 Å². The molecule has 0 bridgehead atoms. The van der Waals surface area contributed by atoms with Crippen LogP contribution in [0, 0.1) is 6.92 Å². The van der Waals surface area contributed by atoms with Crippen molar-refractivity contribution in [2.75, 3.05) is 5.32 Å². The molecule has 1 amide bonds. The Bertz CT molecular complexity index is 738. The van der Waals surface area contributed by atoms with E-state index in [0.29, 0.717) is 0 Å². The number of anilines is 1. The van der Waals surface area contributed by atoms with Crippen molar-refractivity contribution in [3.63, 3.8) is 0 Å². The van der Waals surface area contributed by atoms with Gasteiger partial charge in [0.25, 0.3) is 10.0 Å². The van der Waals surface area contributed by atoms with Gasteiger partial charge < -0.3 is 5.32 Å². The molecule has 0 aliphatic heterocycles. The molecule has 7 nitrogen and oxygen atoms in total. The van der Waals surface area contributed by atoms with Gasteiger partial charge in [0.05, 0.1) is 0 Å². The maximum Gasteiger partial charge on any atom is 0.270 e. The lowest BCUT2D eigenvalue weighted by atomic mass is 10.2. The first-order chi connectivity index (χ1) is 9.87. The number of aromatic nitrogens is 2. The average Bonchev–Trinajstić information content (AvgIpc) is 2.86. The zero-order valence-electron chi connectivity index (χ0n) is 11.5. The first-order valence-electron chi connectivity index (χ1n) is 6.03. The second kappa shape index (κ2) is 6.29. The zero-order chi connectivity index (χ0) is 15.5. The van der Waals surface area contributed by atoms with Gasteiger partial charge in [-0.3, -0.25) is 4.79 Å². The summed E-state index contributed by atoms with van der Waals surface area (Å²) in [6.07, 6.45) is 0. The van der Waals surface area contributed by atoms with Crippen molar-refractivity contribution in [3.8, 4) is 0 Å². The molecule has 0 saturated heterocycles. The zero-order valence-corrected chi connectivity index (χ0v) is 13.1. The number of carbonyl (C=O) groups is 1. The van der Waals surface area contributed by atoms with Crippen molar-refractivity contribution in [3.05, 3.63) is 35.4 Å². The maximum absolute atomic E-state index is 12.1. The number of nitrogens with one attached hydrogen (secondary N) is 2. The molecular weight excluding hydrogens is 312 g/mol. The summed E-state index contributed by atoms with van der Waals surface area (Å²) in [5.74, 6) is -0.331. The topological polar surface area (TPSA) is 101 Å². The summed E-state index contributed by atoms with van der Waals surface area (Å²) in [6, 6.07) is 7.51. The van der Waals surface area contributed by atoms with E-state index in [4.69, 9.17) is 0 Å². The molecule has 1 aromatic carbocycles. The molecule has 0 spiro atoms. The molecule has 0 radical (unpaired) electrons. The van der Waals surface area contributed by atoms with Gasteiger partial charge in [-0.15, -0.1) is 10.2 Å². The quantitative estimate of drug-likeness (QED) is 0.806. The molecule has 1 aromatic heterocycles. The van der Waals surface area contributed by atoms with Gasteiger partial charge in [-0.05, 0) is 12.5 Å². The third-order valence-electron chi connectivity index (χ3n) is 2.51. The Morgan fingerprint density at radius 2 is 1.90 bits per heavy atom. The Morgan fingerprint density at radius 1 is 1.24 bits per heavy atom. The van der Waals surface area contributed by atoms with Gasteiger partial charge in [0.1, 0.15) is 0 Å². The molecule has 2 rings (SSSR count). The van der Waals surface area contributed by atoms with E-state index in [-0.39, 0.29) is 21.9 Å². The summed E-state index contributed by atoms with van der Waals surface area (Å²) in [4.78, 5) is 10.9. The first kappa shape index (κ1) is 15.5. The standard InChI is InChI=1S/C12H14N4O3S2/c1-8-3-5-10(6-4-8)7-13-21(18,19)12-16-15-11(20-12)14-9(2)17/h3-6,13H,7H2,1-2H3,(H,14,15,17). The monoisotopic (exact) mass is 326 g/mol. The fraction of sp³-hybridized carbons (Fsp3) is 0.250. The number of rotatable bonds is 5. The van der Waals surface area contributed by atoms with E-state index >= 15 is 0 Å². The summed E-state index contributed by atoms with van der Waals surface area (Å²) in [5, 5.41) is 9.72. The normalized spacial score (nSPS) is 11.3. The fourth-order valence-corrected chi connectivity index (χ4v) is 3.47. The minimum absolute atomic E-state index is 0.151. The number of carbonyl (C=O) groups excluding carboxylic acids is 1. The van der Waals surface area contributed by atoms with E-state index in [1.807, 2.05) is 31.2 Å². The molecular formula is C12H14N4O3S2. The maximum atomic E-state index is 12.1. The van der Waals surface area contributed by atoms with Gasteiger partial charge in [-0.1, -0.05) is 41.2 Å². The van der Waals surface area contributed by atoms with Crippen molar-refractivity contribution in [1.82, 2.24) is 14.9 Å². The minimum atomic E-state index is -3.74. The lowest BCUT2D eigenvalue weighted by Gasteiger charge is -2.04. The molecule has 112 valence electrons. The predicted octanol–water partition coefficient (Wildman–Crippen LogP) is 1.28. The van der Waals surface area contributed by atoms with Crippen LogP contribution < -0.4 is 10.0 Å². The summed E-state index contributed by atoms with van der Waals surface area (Å²) < 4.78 is 26.4. The smallest absolute Gasteiger partial charge is 0.270 e. The Kier molecular flexibility index (Phi) is 4.66. The van der Waals surface area contributed by atoms with Crippen LogP contribution in [0.2, 0.25) is 0 Å². The number of sulfonamides is 1. The molecule has 21 heavy (non-hydrogen) atoms. The van der Waals surface area contributed by atoms with E-state index in [0.717, 1.165) is 22.5 Å². The van der Waals surface area contributed by atoms with Crippen LogP contribution in [0.3, 0.4) is 0 Å². The summed E-state index contributed by atoms with van der Waals surface area (Å²) in [7, 11) is -3.74. The lowest BCUT2D eigenvalue weighted by Crippen LogP contribution is -2.23. The van der Waals surface area contributed by atoms with Gasteiger partial charge in [0.15, 0.2) is 0 Å². The number of hydrogen-bond donors (Lipinski definition) is 2. The fourth-order valence-electron chi connectivity index (χ4n) is 1.47. The third kappa shape index (κ3) is 4.31. The SMILES string of the molecule is CC(=O)Nc1nnc(S(=O)(=O)NCc2ccc(C)cc2)s1. The van der Waals surface area contributed by atoms with Crippen molar-refractivity contribution in [2.45, 2.75) is 24.7 Å². The number of amides is 1. The van der Waals surface area contributed by atoms with Crippen molar-refractivity contribution in [1.29, 1.82) is 0 Å².